The lowest BCUT2D eigenvalue weighted by Crippen LogP contribution is -2.14. The molecule has 7 aromatic rings. The largest absolute Gasteiger partial charge is 0.481 e. The molecule has 2 amide bonds. The van der Waals surface area contributed by atoms with Crippen molar-refractivity contribution >= 4 is 81.5 Å². The van der Waals surface area contributed by atoms with Crippen molar-refractivity contribution in [3.05, 3.63) is 156 Å². The van der Waals surface area contributed by atoms with Crippen LogP contribution in [-0.2, 0) is 19.2 Å². The summed E-state index contributed by atoms with van der Waals surface area (Å²) >= 11 is 0. The Hall–Kier alpha value is -8.64. The normalized spacial score (nSPS) is 11.6. The highest BCUT2D eigenvalue weighted by molar-refractivity contribution is 6.05. The number of rotatable bonds is 12. The van der Waals surface area contributed by atoms with Crippen LogP contribution in [0.25, 0.3) is 90.9 Å². The number of carbonyl (C=O) groups excluding carboxylic acids is 2. The van der Waals surface area contributed by atoms with Crippen LogP contribution in [0.5, 0.6) is 0 Å². The Kier molecular flexibility index (Phi) is 11.3. The second-order valence-electron chi connectivity index (χ2n) is 15.2. The fourth-order valence-corrected chi connectivity index (χ4v) is 8.08. The average Bonchev–Trinajstić information content (AvgIpc) is 4.15. The molecule has 5 heterocycles. The van der Waals surface area contributed by atoms with E-state index in [-0.39, 0.29) is 25.7 Å². The number of hydrogen-bond donors (Lipinski definition) is 6. The molecule has 0 spiro atoms. The van der Waals surface area contributed by atoms with Crippen molar-refractivity contribution in [1.29, 1.82) is 0 Å². The summed E-state index contributed by atoms with van der Waals surface area (Å²) < 4.78 is 0. The van der Waals surface area contributed by atoms with E-state index < -0.39 is 23.8 Å². The van der Waals surface area contributed by atoms with Gasteiger partial charge < -0.3 is 30.8 Å². The zero-order valence-corrected chi connectivity index (χ0v) is 34.3. The van der Waals surface area contributed by atoms with E-state index in [1.807, 2.05) is 133 Å². The number of carbonyl (C=O) groups is 4. The van der Waals surface area contributed by atoms with Crippen molar-refractivity contribution in [2.24, 2.45) is 0 Å². The van der Waals surface area contributed by atoms with Crippen LogP contribution in [-0.4, -0.2) is 53.9 Å². The van der Waals surface area contributed by atoms with Crippen LogP contribution in [0.1, 0.15) is 48.5 Å². The van der Waals surface area contributed by atoms with Gasteiger partial charge in [0.1, 0.15) is 0 Å². The summed E-state index contributed by atoms with van der Waals surface area (Å²) in [6, 6.07) is 42.6. The predicted octanol–water partition coefficient (Wildman–Crippen LogP) is 10.9. The van der Waals surface area contributed by atoms with Crippen molar-refractivity contribution in [2.45, 2.75) is 25.7 Å². The highest BCUT2D eigenvalue weighted by atomic mass is 16.4. The van der Waals surface area contributed by atoms with Crippen molar-refractivity contribution in [2.75, 3.05) is 10.6 Å². The molecule has 2 aliphatic heterocycles. The van der Waals surface area contributed by atoms with E-state index in [0.29, 0.717) is 56.0 Å². The zero-order valence-electron chi connectivity index (χ0n) is 34.3. The Balaban J connectivity index is 1.39. The number of aromatic nitrogens is 4. The molecule has 12 heteroatoms. The number of aromatic amines is 2. The molecule has 4 aromatic carbocycles. The third kappa shape index (κ3) is 8.48. The van der Waals surface area contributed by atoms with Gasteiger partial charge in [-0.05, 0) is 71.8 Å². The number of anilines is 2. The minimum Gasteiger partial charge on any atom is -0.481 e. The maximum absolute atomic E-state index is 13.2. The molecule has 6 N–H and O–H groups in total. The van der Waals surface area contributed by atoms with Crippen LogP contribution >= 0.6 is 0 Å². The van der Waals surface area contributed by atoms with E-state index in [4.69, 9.17) is 9.97 Å². The van der Waals surface area contributed by atoms with Gasteiger partial charge in [-0.15, -0.1) is 0 Å². The van der Waals surface area contributed by atoms with Gasteiger partial charge in [0.05, 0.1) is 35.6 Å². The summed E-state index contributed by atoms with van der Waals surface area (Å²) in [6.07, 6.45) is 6.78. The molecule has 12 nitrogen and oxygen atoms in total. The molecular weight excluding hydrogens is 805 g/mol. The molecule has 0 fully saturated rings. The van der Waals surface area contributed by atoms with Gasteiger partial charge in [-0.2, -0.15) is 0 Å². The monoisotopic (exact) mass is 844 g/mol. The first kappa shape index (κ1) is 40.7. The van der Waals surface area contributed by atoms with Gasteiger partial charge in [0.15, 0.2) is 0 Å². The second kappa shape index (κ2) is 17.8. The maximum atomic E-state index is 13.2. The molecule has 0 saturated heterocycles. The third-order valence-corrected chi connectivity index (χ3v) is 11.0. The molecular formula is C52H40N6O6. The van der Waals surface area contributed by atoms with Gasteiger partial charge in [0.2, 0.25) is 11.8 Å². The molecule has 314 valence electrons. The van der Waals surface area contributed by atoms with Crippen molar-refractivity contribution < 1.29 is 29.4 Å². The minimum atomic E-state index is -1.07. The van der Waals surface area contributed by atoms with Crippen LogP contribution in [0.4, 0.5) is 11.4 Å². The topological polar surface area (TPSA) is 190 Å². The summed E-state index contributed by atoms with van der Waals surface area (Å²) in [5, 5.41) is 24.5. The number of nitrogens with one attached hydrogen (secondary N) is 4. The lowest BCUT2D eigenvalue weighted by atomic mass is 10.0. The SMILES string of the molecule is O=C(O)CCC(=O)Nc1ccccc1-c1c2nc(c(-c3ccccc3NC(=O)CCC(=O)O)c3ccc([nH]3)c(-c3ccccc3)c3nc(c(-c4ccccc4)c4ccc1[nH]4)C=C3)C=C2. The van der Waals surface area contributed by atoms with Crippen LogP contribution in [0.3, 0.4) is 0 Å². The minimum absolute atomic E-state index is 0.208. The van der Waals surface area contributed by atoms with Crippen LogP contribution in [0.15, 0.2) is 133 Å². The van der Waals surface area contributed by atoms with Gasteiger partial charge in [-0.25, -0.2) is 9.97 Å². The summed E-state index contributed by atoms with van der Waals surface area (Å²) in [5.74, 6) is -3.04. The van der Waals surface area contributed by atoms with Gasteiger partial charge in [0, 0.05) is 79.7 Å². The molecule has 64 heavy (non-hydrogen) atoms. The van der Waals surface area contributed by atoms with E-state index in [0.717, 1.165) is 44.7 Å². The van der Waals surface area contributed by atoms with Crippen LogP contribution in [0, 0.1) is 0 Å². The number of carboxylic acid groups (broad SMARTS) is 2. The van der Waals surface area contributed by atoms with Gasteiger partial charge in [-0.3, -0.25) is 19.2 Å². The number of amides is 2. The zero-order chi connectivity index (χ0) is 44.2. The number of hydrogen-bond acceptors (Lipinski definition) is 6. The van der Waals surface area contributed by atoms with E-state index >= 15 is 0 Å². The van der Waals surface area contributed by atoms with Gasteiger partial charge in [0.25, 0.3) is 0 Å². The maximum Gasteiger partial charge on any atom is 0.303 e. The van der Waals surface area contributed by atoms with Crippen molar-refractivity contribution in [1.82, 2.24) is 19.9 Å². The highest BCUT2D eigenvalue weighted by Crippen LogP contribution is 2.41. The third-order valence-electron chi connectivity index (χ3n) is 11.0. The predicted molar refractivity (Wildman–Crippen MR) is 252 cm³/mol. The molecule has 8 bridgehead atoms. The van der Waals surface area contributed by atoms with E-state index in [1.54, 1.807) is 24.3 Å². The molecule has 0 aliphatic carbocycles. The van der Waals surface area contributed by atoms with E-state index in [2.05, 4.69) is 20.6 Å². The van der Waals surface area contributed by atoms with Crippen LogP contribution in [0.2, 0.25) is 0 Å². The molecule has 3 aromatic heterocycles. The molecule has 0 saturated carbocycles. The lowest BCUT2D eigenvalue weighted by molar-refractivity contribution is -0.138. The van der Waals surface area contributed by atoms with Crippen LogP contribution < -0.4 is 10.6 Å². The lowest BCUT2D eigenvalue weighted by Gasteiger charge is -2.13. The Bertz CT molecular complexity index is 3010. The number of fused-ring (bicyclic) bond motifs is 8. The molecule has 0 unspecified atom stereocenters. The Morgan fingerprint density at radius 3 is 1.11 bits per heavy atom. The summed E-state index contributed by atoms with van der Waals surface area (Å²) in [5.41, 5.74) is 12.7. The Labute approximate surface area is 366 Å². The fourth-order valence-electron chi connectivity index (χ4n) is 8.08. The van der Waals surface area contributed by atoms with Crippen molar-refractivity contribution in [3.8, 4) is 44.5 Å². The summed E-state index contributed by atoms with van der Waals surface area (Å²) in [7, 11) is 0. The molecule has 2 aliphatic rings. The van der Waals surface area contributed by atoms with Crippen molar-refractivity contribution in [3.63, 3.8) is 0 Å². The standard InChI is InChI=1S/C52H40N6O6/c59-45(27-29-47(61)62)57-35-17-9-7-15-33(35)51-41-23-21-39(54-41)49(31-11-3-1-4-12-31)37-19-20-38(53-37)50(32-13-5-2-6-14-32)40-22-24-42(55-40)52(44-26-25-43(51)56-44)34-16-8-10-18-36(34)58-46(60)28-30-48(63)64/h1-26,54-55H,27-30H2,(H,57,59)(H,58,60)(H,61,62)(H,63,64). The first-order chi connectivity index (χ1) is 31.2. The first-order valence-corrected chi connectivity index (χ1v) is 20.7. The summed E-state index contributed by atoms with van der Waals surface area (Å²) in [6.45, 7) is 0. The fraction of sp³-hybridized carbons (Fsp3) is 0.0769. The Morgan fingerprint density at radius 1 is 0.406 bits per heavy atom. The number of aliphatic carboxylic acids is 2. The van der Waals surface area contributed by atoms with E-state index in [9.17, 15) is 29.4 Å². The summed E-state index contributed by atoms with van der Waals surface area (Å²) in [4.78, 5) is 67.1. The average molecular weight is 845 g/mol. The number of para-hydroxylation sites is 2. The number of carboxylic acids is 2. The number of H-pyrrole nitrogens is 2. The quantitative estimate of drug-likeness (QED) is 0.0700. The first-order valence-electron chi connectivity index (χ1n) is 20.7. The number of nitrogens with zero attached hydrogens (tertiary/aromatic N) is 2. The molecule has 0 radical (unpaired) electrons. The Morgan fingerprint density at radius 2 is 0.734 bits per heavy atom. The highest BCUT2D eigenvalue weighted by Gasteiger charge is 2.22. The van der Waals surface area contributed by atoms with Gasteiger partial charge >= 0.3 is 11.9 Å². The molecule has 0 atom stereocenters. The van der Waals surface area contributed by atoms with Gasteiger partial charge in [-0.1, -0.05) is 97.1 Å². The van der Waals surface area contributed by atoms with E-state index in [1.165, 1.54) is 0 Å². The smallest absolute Gasteiger partial charge is 0.303 e. The molecule has 9 rings (SSSR count). The second-order valence-corrected chi connectivity index (χ2v) is 15.2. The number of benzene rings is 4.